The van der Waals surface area contributed by atoms with Crippen molar-refractivity contribution in [2.75, 3.05) is 13.6 Å². The van der Waals surface area contributed by atoms with E-state index in [9.17, 15) is 0 Å². The van der Waals surface area contributed by atoms with Gasteiger partial charge in [0.15, 0.2) is 0 Å². The normalized spacial score (nSPS) is 12.8. The van der Waals surface area contributed by atoms with Gasteiger partial charge in [-0.05, 0) is 7.05 Å². The Labute approximate surface area is 77.0 Å². The summed E-state index contributed by atoms with van der Waals surface area (Å²) in [5, 5.41) is 4.64. The Morgan fingerprint density at radius 3 is 3.00 bits per heavy atom. The molecule has 0 aliphatic carbocycles. The van der Waals surface area contributed by atoms with Gasteiger partial charge in [-0.1, -0.05) is 6.92 Å². The number of hydrogen-bond donors (Lipinski definition) is 1. The molecule has 3 nitrogen and oxygen atoms in total. The van der Waals surface area contributed by atoms with E-state index in [-0.39, 0.29) is 0 Å². The van der Waals surface area contributed by atoms with E-state index in [2.05, 4.69) is 22.2 Å². The van der Waals surface area contributed by atoms with Gasteiger partial charge in [0.1, 0.15) is 5.03 Å². The van der Waals surface area contributed by atoms with Gasteiger partial charge < -0.3 is 5.32 Å². The Morgan fingerprint density at radius 2 is 2.42 bits per heavy atom. The van der Waals surface area contributed by atoms with Crippen LogP contribution in [0.3, 0.4) is 0 Å². The second kappa shape index (κ2) is 5.11. The molecule has 0 aliphatic heterocycles. The zero-order valence-corrected chi connectivity index (χ0v) is 8.14. The highest BCUT2D eigenvalue weighted by Gasteiger charge is 2.02. The van der Waals surface area contributed by atoms with Crippen molar-refractivity contribution in [1.82, 2.24) is 15.3 Å². The molecule has 0 amide bonds. The van der Waals surface area contributed by atoms with Gasteiger partial charge in [-0.15, -0.1) is 11.8 Å². The summed E-state index contributed by atoms with van der Waals surface area (Å²) >= 11 is 1.73. The molecule has 12 heavy (non-hydrogen) atoms. The molecule has 0 fully saturated rings. The van der Waals surface area contributed by atoms with Crippen LogP contribution in [0.15, 0.2) is 23.6 Å². The molecule has 1 unspecified atom stereocenters. The van der Waals surface area contributed by atoms with Crippen molar-refractivity contribution in [3.05, 3.63) is 18.6 Å². The quantitative estimate of drug-likeness (QED) is 0.711. The molecule has 0 aliphatic rings. The highest BCUT2D eigenvalue weighted by Crippen LogP contribution is 2.18. The number of aromatic nitrogens is 2. The van der Waals surface area contributed by atoms with Crippen molar-refractivity contribution in [2.24, 2.45) is 0 Å². The first kappa shape index (κ1) is 9.48. The van der Waals surface area contributed by atoms with Crippen LogP contribution >= 0.6 is 11.8 Å². The highest BCUT2D eigenvalue weighted by atomic mass is 32.2. The third-order valence-corrected chi connectivity index (χ3v) is 2.37. The van der Waals surface area contributed by atoms with Gasteiger partial charge >= 0.3 is 0 Å². The number of hydrogen-bond acceptors (Lipinski definition) is 4. The molecule has 0 saturated heterocycles. The van der Waals surface area contributed by atoms with Gasteiger partial charge in [-0.3, -0.25) is 4.98 Å². The van der Waals surface area contributed by atoms with Crippen LogP contribution in [0.4, 0.5) is 0 Å². The molecule has 1 rings (SSSR count). The topological polar surface area (TPSA) is 37.8 Å². The third-order valence-electron chi connectivity index (χ3n) is 1.35. The summed E-state index contributed by atoms with van der Waals surface area (Å²) in [5.74, 6) is 0. The number of thioether (sulfide) groups is 1. The summed E-state index contributed by atoms with van der Waals surface area (Å²) in [6, 6.07) is 0. The number of nitrogens with zero attached hydrogens (tertiary/aromatic N) is 2. The fourth-order valence-electron chi connectivity index (χ4n) is 0.882. The van der Waals surface area contributed by atoms with Crippen LogP contribution in [0.1, 0.15) is 6.92 Å². The van der Waals surface area contributed by atoms with Crippen LogP contribution in [0.5, 0.6) is 0 Å². The van der Waals surface area contributed by atoms with Crippen LogP contribution in [-0.2, 0) is 0 Å². The van der Waals surface area contributed by atoms with Crippen LogP contribution in [0.2, 0.25) is 0 Å². The lowest BCUT2D eigenvalue weighted by Crippen LogP contribution is -2.17. The van der Waals surface area contributed by atoms with E-state index in [1.807, 2.05) is 7.05 Å². The van der Waals surface area contributed by atoms with Gasteiger partial charge in [0.2, 0.25) is 0 Å². The molecule has 4 heteroatoms. The Balaban J connectivity index is 2.41. The molecule has 0 radical (unpaired) electrons. The van der Waals surface area contributed by atoms with Gasteiger partial charge in [-0.2, -0.15) is 0 Å². The predicted molar refractivity (Wildman–Crippen MR) is 51.3 cm³/mol. The van der Waals surface area contributed by atoms with Gasteiger partial charge in [0.05, 0.1) is 6.20 Å². The van der Waals surface area contributed by atoms with Crippen LogP contribution < -0.4 is 5.32 Å². The van der Waals surface area contributed by atoms with Crippen molar-refractivity contribution < 1.29 is 0 Å². The number of nitrogens with one attached hydrogen (secondary N) is 1. The predicted octanol–water partition coefficient (Wildman–Crippen LogP) is 1.18. The van der Waals surface area contributed by atoms with Crippen molar-refractivity contribution in [3.63, 3.8) is 0 Å². The first-order chi connectivity index (χ1) is 5.83. The summed E-state index contributed by atoms with van der Waals surface area (Å²) < 4.78 is 0. The Morgan fingerprint density at radius 1 is 1.58 bits per heavy atom. The lowest BCUT2D eigenvalue weighted by molar-refractivity contribution is 0.783. The summed E-state index contributed by atoms with van der Waals surface area (Å²) in [4.78, 5) is 8.17. The van der Waals surface area contributed by atoms with E-state index < -0.39 is 0 Å². The molecule has 0 saturated carbocycles. The standard InChI is InChI=1S/C8H13N3S/c1-7(5-9-2)12-8-6-10-3-4-11-8/h3-4,6-7,9H,5H2,1-2H3. The zero-order chi connectivity index (χ0) is 8.81. The monoisotopic (exact) mass is 183 g/mol. The summed E-state index contributed by atoms with van der Waals surface area (Å²) in [7, 11) is 1.95. The van der Waals surface area contributed by atoms with E-state index in [0.29, 0.717) is 5.25 Å². The highest BCUT2D eigenvalue weighted by molar-refractivity contribution is 7.99. The molecule has 1 atom stereocenters. The molecular weight excluding hydrogens is 170 g/mol. The van der Waals surface area contributed by atoms with Crippen LogP contribution in [0, 0.1) is 0 Å². The summed E-state index contributed by atoms with van der Waals surface area (Å²) in [6.07, 6.45) is 5.19. The minimum Gasteiger partial charge on any atom is -0.319 e. The van der Waals surface area contributed by atoms with E-state index in [4.69, 9.17) is 0 Å². The zero-order valence-electron chi connectivity index (χ0n) is 7.32. The summed E-state index contributed by atoms with van der Waals surface area (Å²) in [6.45, 7) is 3.15. The second-order valence-corrected chi connectivity index (χ2v) is 3.99. The third kappa shape index (κ3) is 3.19. The second-order valence-electron chi connectivity index (χ2n) is 2.53. The fraction of sp³-hybridized carbons (Fsp3) is 0.500. The van der Waals surface area contributed by atoms with Crippen molar-refractivity contribution in [3.8, 4) is 0 Å². The Bertz CT molecular complexity index is 215. The first-order valence-electron chi connectivity index (χ1n) is 3.90. The molecule has 1 N–H and O–H groups in total. The molecule has 1 heterocycles. The van der Waals surface area contributed by atoms with Gasteiger partial charge in [-0.25, -0.2) is 4.98 Å². The Hall–Kier alpha value is -0.610. The maximum atomic E-state index is 4.17. The van der Waals surface area contributed by atoms with E-state index in [1.54, 1.807) is 30.4 Å². The minimum absolute atomic E-state index is 0.534. The van der Waals surface area contributed by atoms with E-state index >= 15 is 0 Å². The largest absolute Gasteiger partial charge is 0.319 e. The molecule has 1 aromatic heterocycles. The molecule has 0 bridgehead atoms. The van der Waals surface area contributed by atoms with Gasteiger partial charge in [0.25, 0.3) is 0 Å². The maximum absolute atomic E-state index is 4.17. The van der Waals surface area contributed by atoms with Crippen molar-refractivity contribution >= 4 is 11.8 Å². The molecule has 1 aromatic rings. The van der Waals surface area contributed by atoms with Crippen LogP contribution in [-0.4, -0.2) is 28.8 Å². The Kier molecular flexibility index (Phi) is 4.04. The van der Waals surface area contributed by atoms with Gasteiger partial charge in [0, 0.05) is 24.2 Å². The maximum Gasteiger partial charge on any atom is 0.115 e. The smallest absolute Gasteiger partial charge is 0.115 e. The number of rotatable bonds is 4. The molecule has 66 valence electrons. The lowest BCUT2D eigenvalue weighted by Gasteiger charge is -2.08. The SMILES string of the molecule is CNCC(C)Sc1cnccn1. The van der Waals surface area contributed by atoms with Crippen molar-refractivity contribution in [2.45, 2.75) is 17.2 Å². The van der Waals surface area contributed by atoms with Crippen LogP contribution in [0.25, 0.3) is 0 Å². The lowest BCUT2D eigenvalue weighted by atomic mass is 10.5. The average molecular weight is 183 g/mol. The fourth-order valence-corrected chi connectivity index (χ4v) is 1.79. The van der Waals surface area contributed by atoms with E-state index in [0.717, 1.165) is 11.6 Å². The first-order valence-corrected chi connectivity index (χ1v) is 4.78. The summed E-state index contributed by atoms with van der Waals surface area (Å²) in [5.41, 5.74) is 0. The van der Waals surface area contributed by atoms with Crippen molar-refractivity contribution in [1.29, 1.82) is 0 Å². The molecule has 0 spiro atoms. The molecular formula is C8H13N3S. The average Bonchev–Trinajstić information content (AvgIpc) is 2.06. The van der Waals surface area contributed by atoms with E-state index in [1.165, 1.54) is 0 Å². The molecule has 0 aromatic carbocycles. The minimum atomic E-state index is 0.534.